The summed E-state index contributed by atoms with van der Waals surface area (Å²) in [7, 11) is 0. The van der Waals surface area contributed by atoms with Gasteiger partial charge in [0.1, 0.15) is 11.6 Å². The Morgan fingerprint density at radius 1 is 1.16 bits per heavy atom. The number of rotatable bonds is 7. The first-order chi connectivity index (χ1) is 11.9. The van der Waals surface area contributed by atoms with Crippen molar-refractivity contribution in [3.05, 3.63) is 53.2 Å². The molecule has 2 rings (SSSR count). The molecule has 0 radical (unpaired) electrons. The summed E-state index contributed by atoms with van der Waals surface area (Å²) in [5.41, 5.74) is 0.342. The molecular formula is C18H19ClN2O4. The zero-order valence-corrected chi connectivity index (χ0v) is 14.7. The number of amides is 1. The molecule has 0 saturated carbocycles. The summed E-state index contributed by atoms with van der Waals surface area (Å²) in [6.45, 7) is 4.30. The third-order valence-corrected chi connectivity index (χ3v) is 3.23. The van der Waals surface area contributed by atoms with Crippen LogP contribution in [-0.2, 0) is 9.53 Å². The van der Waals surface area contributed by atoms with Gasteiger partial charge in [0.25, 0.3) is 5.91 Å². The highest BCUT2D eigenvalue weighted by atomic mass is 35.5. The van der Waals surface area contributed by atoms with Gasteiger partial charge >= 0.3 is 5.97 Å². The molecule has 0 aliphatic carbocycles. The second-order valence-electron chi connectivity index (χ2n) is 5.72. The standard InChI is InChI=1S/C18H19ClN2O4/c1-12(2)10-24-15-6-3-13(4-7-15)18(23)25-11-17(22)21-16-8-5-14(19)9-20-16/h3-9,12H,10-11H2,1-2H3,(H,20,21,22). The van der Waals surface area contributed by atoms with Gasteiger partial charge in [-0.1, -0.05) is 25.4 Å². The van der Waals surface area contributed by atoms with Gasteiger partial charge in [0.2, 0.25) is 0 Å². The number of pyridine rings is 1. The van der Waals surface area contributed by atoms with E-state index in [1.807, 2.05) is 0 Å². The molecule has 1 aromatic heterocycles. The maximum atomic E-state index is 11.9. The summed E-state index contributed by atoms with van der Waals surface area (Å²) >= 11 is 5.71. The Balaban J connectivity index is 1.81. The van der Waals surface area contributed by atoms with Crippen LogP contribution in [0.1, 0.15) is 24.2 Å². The third-order valence-electron chi connectivity index (χ3n) is 3.00. The van der Waals surface area contributed by atoms with Crippen molar-refractivity contribution < 1.29 is 19.1 Å². The number of halogens is 1. The molecule has 0 fully saturated rings. The Morgan fingerprint density at radius 2 is 1.88 bits per heavy atom. The van der Waals surface area contributed by atoms with Crippen molar-refractivity contribution in [1.82, 2.24) is 4.98 Å². The molecule has 7 heteroatoms. The van der Waals surface area contributed by atoms with E-state index < -0.39 is 18.5 Å². The number of ether oxygens (including phenoxy) is 2. The average molecular weight is 363 g/mol. The zero-order valence-electron chi connectivity index (χ0n) is 14.0. The fraction of sp³-hybridized carbons (Fsp3) is 0.278. The lowest BCUT2D eigenvalue weighted by molar-refractivity contribution is -0.119. The van der Waals surface area contributed by atoms with E-state index in [9.17, 15) is 9.59 Å². The van der Waals surface area contributed by atoms with Crippen molar-refractivity contribution in [1.29, 1.82) is 0 Å². The largest absolute Gasteiger partial charge is 0.493 e. The lowest BCUT2D eigenvalue weighted by Gasteiger charge is -2.09. The monoisotopic (exact) mass is 362 g/mol. The Hall–Kier alpha value is -2.60. The number of anilines is 1. The normalized spacial score (nSPS) is 10.4. The number of nitrogens with one attached hydrogen (secondary N) is 1. The molecule has 132 valence electrons. The van der Waals surface area contributed by atoms with E-state index in [4.69, 9.17) is 21.1 Å². The van der Waals surface area contributed by atoms with Crippen molar-refractivity contribution >= 4 is 29.3 Å². The Labute approximate surface area is 151 Å². The van der Waals surface area contributed by atoms with E-state index in [0.717, 1.165) is 0 Å². The lowest BCUT2D eigenvalue weighted by Crippen LogP contribution is -2.21. The predicted octanol–water partition coefficient (Wildman–Crippen LogP) is 3.57. The number of aromatic nitrogens is 1. The van der Waals surface area contributed by atoms with Gasteiger partial charge in [-0.2, -0.15) is 0 Å². The van der Waals surface area contributed by atoms with Gasteiger partial charge < -0.3 is 14.8 Å². The van der Waals surface area contributed by atoms with Crippen LogP contribution in [0.2, 0.25) is 5.02 Å². The van der Waals surface area contributed by atoms with Gasteiger partial charge in [0.15, 0.2) is 6.61 Å². The molecule has 0 aliphatic rings. The maximum absolute atomic E-state index is 11.9. The SMILES string of the molecule is CC(C)COc1ccc(C(=O)OCC(=O)Nc2ccc(Cl)cn2)cc1. The highest BCUT2D eigenvalue weighted by Gasteiger charge is 2.11. The van der Waals surface area contributed by atoms with E-state index in [1.54, 1.807) is 36.4 Å². The van der Waals surface area contributed by atoms with E-state index in [2.05, 4.69) is 24.1 Å². The molecule has 1 N–H and O–H groups in total. The van der Waals surface area contributed by atoms with Crippen LogP contribution in [0.3, 0.4) is 0 Å². The quantitative estimate of drug-likeness (QED) is 0.762. The number of carbonyl (C=O) groups is 2. The Bertz CT molecular complexity index is 715. The molecule has 1 aromatic carbocycles. The molecular weight excluding hydrogens is 344 g/mol. The number of carbonyl (C=O) groups excluding carboxylic acids is 2. The van der Waals surface area contributed by atoms with Gasteiger partial charge in [-0.25, -0.2) is 9.78 Å². The van der Waals surface area contributed by atoms with Gasteiger partial charge in [-0.3, -0.25) is 4.79 Å². The van der Waals surface area contributed by atoms with Crippen LogP contribution < -0.4 is 10.1 Å². The maximum Gasteiger partial charge on any atom is 0.338 e. The smallest absolute Gasteiger partial charge is 0.338 e. The second kappa shape index (κ2) is 9.03. The fourth-order valence-corrected chi connectivity index (χ4v) is 1.91. The lowest BCUT2D eigenvalue weighted by atomic mass is 10.2. The first-order valence-electron chi connectivity index (χ1n) is 7.75. The van der Waals surface area contributed by atoms with Gasteiger partial charge in [-0.05, 0) is 42.3 Å². The number of esters is 1. The minimum Gasteiger partial charge on any atom is -0.493 e. The van der Waals surface area contributed by atoms with E-state index in [0.29, 0.717) is 34.7 Å². The molecule has 0 saturated heterocycles. The van der Waals surface area contributed by atoms with Crippen LogP contribution >= 0.6 is 11.6 Å². The Kier molecular flexibility index (Phi) is 6.77. The Morgan fingerprint density at radius 3 is 2.48 bits per heavy atom. The van der Waals surface area contributed by atoms with Crippen LogP contribution in [0, 0.1) is 5.92 Å². The van der Waals surface area contributed by atoms with Gasteiger partial charge in [0.05, 0.1) is 17.2 Å². The topological polar surface area (TPSA) is 77.5 Å². The van der Waals surface area contributed by atoms with Gasteiger partial charge in [0, 0.05) is 6.20 Å². The molecule has 0 aliphatic heterocycles. The van der Waals surface area contributed by atoms with Gasteiger partial charge in [-0.15, -0.1) is 0 Å². The molecule has 0 unspecified atom stereocenters. The average Bonchev–Trinajstić information content (AvgIpc) is 2.60. The minimum atomic E-state index is -0.588. The summed E-state index contributed by atoms with van der Waals surface area (Å²) in [4.78, 5) is 27.6. The van der Waals surface area contributed by atoms with E-state index in [1.165, 1.54) is 6.20 Å². The summed E-state index contributed by atoms with van der Waals surface area (Å²) in [5, 5.41) is 2.97. The number of nitrogens with zero attached hydrogens (tertiary/aromatic N) is 1. The summed E-state index contributed by atoms with van der Waals surface area (Å²) in [6.07, 6.45) is 1.41. The summed E-state index contributed by atoms with van der Waals surface area (Å²) in [6, 6.07) is 9.72. The van der Waals surface area contributed by atoms with Crippen LogP contribution in [0.4, 0.5) is 5.82 Å². The highest BCUT2D eigenvalue weighted by Crippen LogP contribution is 2.14. The predicted molar refractivity (Wildman–Crippen MR) is 94.9 cm³/mol. The zero-order chi connectivity index (χ0) is 18.2. The van der Waals surface area contributed by atoms with Crippen LogP contribution in [-0.4, -0.2) is 30.1 Å². The van der Waals surface area contributed by atoms with Crippen molar-refractivity contribution in [3.63, 3.8) is 0 Å². The third kappa shape index (κ3) is 6.43. The molecule has 2 aromatic rings. The molecule has 0 spiro atoms. The molecule has 0 bridgehead atoms. The molecule has 1 amide bonds. The summed E-state index contributed by atoms with van der Waals surface area (Å²) < 4.78 is 10.5. The van der Waals surface area contributed by atoms with E-state index >= 15 is 0 Å². The van der Waals surface area contributed by atoms with Crippen LogP contribution in [0.25, 0.3) is 0 Å². The number of benzene rings is 1. The number of hydrogen-bond donors (Lipinski definition) is 1. The molecule has 0 atom stereocenters. The second-order valence-corrected chi connectivity index (χ2v) is 6.15. The highest BCUT2D eigenvalue weighted by molar-refractivity contribution is 6.30. The van der Waals surface area contributed by atoms with Crippen molar-refractivity contribution in [2.24, 2.45) is 5.92 Å². The van der Waals surface area contributed by atoms with Crippen molar-refractivity contribution in [2.45, 2.75) is 13.8 Å². The molecule has 25 heavy (non-hydrogen) atoms. The first-order valence-corrected chi connectivity index (χ1v) is 8.13. The summed E-state index contributed by atoms with van der Waals surface area (Å²) in [5.74, 6) is 0.349. The van der Waals surface area contributed by atoms with Crippen molar-refractivity contribution in [2.75, 3.05) is 18.5 Å². The molecule has 1 heterocycles. The molecule has 6 nitrogen and oxygen atoms in total. The van der Waals surface area contributed by atoms with E-state index in [-0.39, 0.29) is 0 Å². The number of hydrogen-bond acceptors (Lipinski definition) is 5. The van der Waals surface area contributed by atoms with Crippen LogP contribution in [0.5, 0.6) is 5.75 Å². The minimum absolute atomic E-state index is 0.331. The first kappa shape index (κ1) is 18.7. The fourth-order valence-electron chi connectivity index (χ4n) is 1.79. The van der Waals surface area contributed by atoms with Crippen LogP contribution in [0.15, 0.2) is 42.6 Å². The van der Waals surface area contributed by atoms with Crippen molar-refractivity contribution in [3.8, 4) is 5.75 Å².